The second kappa shape index (κ2) is 7.04. The summed E-state index contributed by atoms with van der Waals surface area (Å²) >= 11 is 0. The molecule has 7 heteroatoms. The number of aryl methyl sites for hydroxylation is 2. The first kappa shape index (κ1) is 17.8. The number of aromatic nitrogens is 1. The number of ether oxygens (including phenoxy) is 6. The zero-order valence-electron chi connectivity index (χ0n) is 16.7. The average Bonchev–Trinajstić information content (AvgIpc) is 3.43. The molecule has 0 unspecified atom stereocenters. The zero-order valence-corrected chi connectivity index (χ0v) is 16.7. The number of hydrogen-bond acceptors (Lipinski definition) is 6. The maximum absolute atomic E-state index is 5.91. The first-order valence-electron chi connectivity index (χ1n) is 10.1. The largest absolute Gasteiger partial charge is 0.454 e. The predicted molar refractivity (Wildman–Crippen MR) is 107 cm³/mol. The van der Waals surface area contributed by atoms with Gasteiger partial charge in [-0.2, -0.15) is 4.57 Å². The van der Waals surface area contributed by atoms with E-state index in [9.17, 15) is 0 Å². The van der Waals surface area contributed by atoms with Gasteiger partial charge in [0.05, 0.1) is 24.2 Å². The third kappa shape index (κ3) is 2.69. The zero-order chi connectivity index (χ0) is 20.1. The Labute approximate surface area is 173 Å². The monoisotopic (exact) mass is 408 g/mol. The van der Waals surface area contributed by atoms with E-state index in [-0.39, 0.29) is 13.6 Å². The number of hydrogen-bond donors (Lipinski definition) is 0. The van der Waals surface area contributed by atoms with Gasteiger partial charge in [0.2, 0.25) is 19.3 Å². The molecule has 1 aromatic heterocycles. The van der Waals surface area contributed by atoms with E-state index in [4.69, 9.17) is 28.4 Å². The highest BCUT2D eigenvalue weighted by atomic mass is 16.7. The molecule has 7 nitrogen and oxygen atoms in total. The van der Waals surface area contributed by atoms with Crippen LogP contribution in [0.25, 0.3) is 22.0 Å². The lowest BCUT2D eigenvalue weighted by molar-refractivity contribution is -0.722. The highest BCUT2D eigenvalue weighted by molar-refractivity contribution is 5.95. The number of pyridine rings is 1. The standard InChI is InChI=1S/C23H22NO6/c1-25-6-7-26-11-24-10-18-15(4-5-19-23(18)30-13-27-19)16-3-2-14-8-20-21(29-12-28-20)9-17(14)22(16)24/h4-5,8-10H,2-3,6-7,11-13H2,1H3/q+1. The first-order chi connectivity index (χ1) is 14.8. The SMILES string of the molecule is COCCOC[n+]1cc2c3c(ccc2c2c1-c1cc4c(cc1CC2)OCO4)OCO3. The van der Waals surface area contributed by atoms with Crippen LogP contribution in [0.15, 0.2) is 30.5 Å². The predicted octanol–water partition coefficient (Wildman–Crippen LogP) is 2.97. The van der Waals surface area contributed by atoms with Crippen molar-refractivity contribution in [2.75, 3.05) is 33.9 Å². The number of methoxy groups -OCH3 is 1. The molecule has 0 atom stereocenters. The van der Waals surface area contributed by atoms with E-state index in [0.29, 0.717) is 19.9 Å². The molecular formula is C23H22NO6+. The molecule has 3 heterocycles. The summed E-state index contributed by atoms with van der Waals surface area (Å²) in [4.78, 5) is 0. The summed E-state index contributed by atoms with van der Waals surface area (Å²) < 4.78 is 35.9. The summed E-state index contributed by atoms with van der Waals surface area (Å²) in [5.41, 5.74) is 4.86. The molecule has 0 amide bonds. The van der Waals surface area contributed by atoms with Gasteiger partial charge in [-0.3, -0.25) is 0 Å². The van der Waals surface area contributed by atoms with Gasteiger partial charge >= 0.3 is 0 Å². The summed E-state index contributed by atoms with van der Waals surface area (Å²) in [6, 6.07) is 8.34. The Morgan fingerprint density at radius 1 is 0.900 bits per heavy atom. The molecular weight excluding hydrogens is 386 g/mol. The molecule has 2 aromatic carbocycles. The van der Waals surface area contributed by atoms with Crippen molar-refractivity contribution < 1.29 is 33.0 Å². The normalized spacial score (nSPS) is 15.4. The van der Waals surface area contributed by atoms with Crippen LogP contribution >= 0.6 is 0 Å². The number of rotatable bonds is 5. The molecule has 3 aliphatic rings. The van der Waals surface area contributed by atoms with Crippen LogP contribution in [0.3, 0.4) is 0 Å². The fourth-order valence-corrected chi connectivity index (χ4v) is 4.55. The van der Waals surface area contributed by atoms with Crippen LogP contribution in [0.5, 0.6) is 23.0 Å². The van der Waals surface area contributed by atoms with Crippen LogP contribution in [0.1, 0.15) is 11.1 Å². The molecule has 1 aliphatic carbocycles. The minimum Gasteiger partial charge on any atom is -0.454 e. The van der Waals surface area contributed by atoms with Crippen LogP contribution in [0.2, 0.25) is 0 Å². The Kier molecular flexibility index (Phi) is 4.17. The summed E-state index contributed by atoms with van der Waals surface area (Å²) in [6.07, 6.45) is 3.97. The molecule has 3 aromatic rings. The van der Waals surface area contributed by atoms with Gasteiger partial charge in [-0.15, -0.1) is 0 Å². The molecule has 0 spiro atoms. The Morgan fingerprint density at radius 2 is 1.73 bits per heavy atom. The minimum atomic E-state index is 0.252. The molecule has 0 radical (unpaired) electrons. The first-order valence-corrected chi connectivity index (χ1v) is 10.1. The van der Waals surface area contributed by atoms with Crippen molar-refractivity contribution in [1.29, 1.82) is 0 Å². The van der Waals surface area contributed by atoms with Crippen LogP contribution in [0.4, 0.5) is 0 Å². The smallest absolute Gasteiger partial charge is 0.253 e. The molecule has 154 valence electrons. The third-order valence-electron chi connectivity index (χ3n) is 5.92. The fourth-order valence-electron chi connectivity index (χ4n) is 4.55. The maximum Gasteiger partial charge on any atom is 0.253 e. The molecule has 6 rings (SSSR count). The van der Waals surface area contributed by atoms with Crippen molar-refractivity contribution in [3.63, 3.8) is 0 Å². The molecule has 0 saturated carbocycles. The Balaban J connectivity index is 1.55. The van der Waals surface area contributed by atoms with E-state index in [1.54, 1.807) is 7.11 Å². The van der Waals surface area contributed by atoms with Gasteiger partial charge in [-0.05, 0) is 42.7 Å². The number of fused-ring (bicyclic) bond motifs is 8. The van der Waals surface area contributed by atoms with Gasteiger partial charge < -0.3 is 28.4 Å². The summed E-state index contributed by atoms with van der Waals surface area (Å²) in [6.45, 7) is 2.02. The minimum absolute atomic E-state index is 0.252. The second-order valence-corrected chi connectivity index (χ2v) is 7.58. The van der Waals surface area contributed by atoms with E-state index in [1.807, 2.05) is 6.07 Å². The topological polar surface area (TPSA) is 59.3 Å². The van der Waals surface area contributed by atoms with Gasteiger partial charge in [0.25, 0.3) is 6.73 Å². The van der Waals surface area contributed by atoms with Gasteiger partial charge in [-0.25, -0.2) is 0 Å². The third-order valence-corrected chi connectivity index (χ3v) is 5.92. The van der Waals surface area contributed by atoms with Crippen molar-refractivity contribution in [2.24, 2.45) is 0 Å². The Hall–Kier alpha value is -3.03. The van der Waals surface area contributed by atoms with Crippen molar-refractivity contribution >= 4 is 10.8 Å². The summed E-state index contributed by atoms with van der Waals surface area (Å²) in [5.74, 6) is 3.20. The molecule has 0 bridgehead atoms. The van der Waals surface area contributed by atoms with E-state index in [0.717, 1.165) is 52.5 Å². The lowest BCUT2D eigenvalue weighted by Crippen LogP contribution is -2.40. The quantitative estimate of drug-likeness (QED) is 0.478. The maximum atomic E-state index is 5.91. The Bertz CT molecular complexity index is 1160. The van der Waals surface area contributed by atoms with Gasteiger partial charge in [0, 0.05) is 18.1 Å². The van der Waals surface area contributed by atoms with Gasteiger partial charge in [0.1, 0.15) is 0 Å². The van der Waals surface area contributed by atoms with E-state index in [1.165, 1.54) is 16.5 Å². The summed E-state index contributed by atoms with van der Waals surface area (Å²) in [5, 5.41) is 2.23. The van der Waals surface area contributed by atoms with Crippen LogP contribution in [-0.2, 0) is 29.0 Å². The van der Waals surface area contributed by atoms with E-state index in [2.05, 4.69) is 29.0 Å². The summed E-state index contributed by atoms with van der Waals surface area (Å²) in [7, 11) is 1.67. The van der Waals surface area contributed by atoms with Crippen LogP contribution in [-0.4, -0.2) is 33.9 Å². The highest BCUT2D eigenvalue weighted by Gasteiger charge is 2.32. The fraction of sp³-hybridized carbons (Fsp3) is 0.348. The van der Waals surface area contributed by atoms with Crippen molar-refractivity contribution in [2.45, 2.75) is 19.6 Å². The molecule has 2 aliphatic heterocycles. The van der Waals surface area contributed by atoms with Gasteiger partial charge in [-0.1, -0.05) is 0 Å². The second-order valence-electron chi connectivity index (χ2n) is 7.58. The Morgan fingerprint density at radius 3 is 2.63 bits per heavy atom. The van der Waals surface area contributed by atoms with E-state index < -0.39 is 0 Å². The average molecular weight is 408 g/mol. The molecule has 30 heavy (non-hydrogen) atoms. The van der Waals surface area contributed by atoms with Gasteiger partial charge in [0.15, 0.2) is 29.2 Å². The molecule has 0 saturated heterocycles. The van der Waals surface area contributed by atoms with Crippen molar-refractivity contribution in [3.05, 3.63) is 41.6 Å². The van der Waals surface area contributed by atoms with Crippen LogP contribution < -0.4 is 23.5 Å². The van der Waals surface area contributed by atoms with Crippen molar-refractivity contribution in [3.8, 4) is 34.3 Å². The highest BCUT2D eigenvalue weighted by Crippen LogP contribution is 2.45. The van der Waals surface area contributed by atoms with Crippen LogP contribution in [0, 0.1) is 0 Å². The number of benzene rings is 2. The van der Waals surface area contributed by atoms with Crippen molar-refractivity contribution in [1.82, 2.24) is 0 Å². The lowest BCUT2D eigenvalue weighted by atomic mass is 9.85. The lowest BCUT2D eigenvalue weighted by Gasteiger charge is -2.20. The molecule has 0 N–H and O–H groups in total. The molecule has 0 fully saturated rings. The van der Waals surface area contributed by atoms with E-state index >= 15 is 0 Å². The number of nitrogens with zero attached hydrogens (tertiary/aromatic N) is 1.